The number of hydrogen-bond acceptors (Lipinski definition) is 3. The molecular weight excluding hydrogens is 334 g/mol. The molecule has 0 amide bonds. The van der Waals surface area contributed by atoms with Gasteiger partial charge in [0.05, 0.1) is 23.1 Å². The predicted molar refractivity (Wildman–Crippen MR) is 99.9 cm³/mol. The van der Waals surface area contributed by atoms with Crippen LogP contribution in [0.2, 0.25) is 0 Å². The molecule has 1 saturated carbocycles. The maximum absolute atomic E-state index is 12.2. The molecule has 1 aromatic heterocycles. The molecule has 1 aliphatic rings. The van der Waals surface area contributed by atoms with Crippen LogP contribution in [0, 0.1) is 5.92 Å². The molecule has 1 aliphatic carbocycles. The van der Waals surface area contributed by atoms with Crippen LogP contribution in [0.5, 0.6) is 0 Å². The Hall–Kier alpha value is -1.66. The minimum atomic E-state index is -3.46. The van der Waals surface area contributed by atoms with Crippen molar-refractivity contribution < 1.29 is 8.42 Å². The minimum Gasteiger partial charge on any atom is -0.331 e. The second-order valence-corrected chi connectivity index (χ2v) is 8.69. The number of nitrogens with zero attached hydrogens (tertiary/aromatic N) is 2. The summed E-state index contributed by atoms with van der Waals surface area (Å²) in [6, 6.07) is 5.51. The van der Waals surface area contributed by atoms with Crippen molar-refractivity contribution in [3.05, 3.63) is 36.3 Å². The molecule has 0 aliphatic heterocycles. The van der Waals surface area contributed by atoms with Gasteiger partial charge in [0.2, 0.25) is 10.0 Å². The van der Waals surface area contributed by atoms with Crippen LogP contribution in [0.15, 0.2) is 35.6 Å². The van der Waals surface area contributed by atoms with Crippen molar-refractivity contribution in [3.63, 3.8) is 0 Å². The van der Waals surface area contributed by atoms with E-state index in [1.165, 1.54) is 44.7 Å². The number of nitrogens with one attached hydrogen (secondary N) is 1. The van der Waals surface area contributed by atoms with Crippen LogP contribution in [0.25, 0.3) is 11.3 Å². The van der Waals surface area contributed by atoms with Gasteiger partial charge in [-0.25, -0.2) is 18.1 Å². The summed E-state index contributed by atoms with van der Waals surface area (Å²) in [5.74, 6) is 0.692. The molecule has 0 bridgehead atoms. The summed E-state index contributed by atoms with van der Waals surface area (Å²) < 4.78 is 29.0. The van der Waals surface area contributed by atoms with Gasteiger partial charge >= 0.3 is 0 Å². The molecule has 1 heterocycles. The van der Waals surface area contributed by atoms with E-state index in [2.05, 4.69) is 21.2 Å². The molecule has 0 saturated heterocycles. The van der Waals surface area contributed by atoms with E-state index in [0.29, 0.717) is 10.8 Å². The van der Waals surface area contributed by atoms with E-state index >= 15 is 0 Å². The maximum atomic E-state index is 12.2. The largest absolute Gasteiger partial charge is 0.331 e. The fourth-order valence-corrected chi connectivity index (χ4v) is 4.51. The van der Waals surface area contributed by atoms with E-state index in [4.69, 9.17) is 0 Å². The van der Waals surface area contributed by atoms with Crippen LogP contribution >= 0.6 is 0 Å². The van der Waals surface area contributed by atoms with Gasteiger partial charge in [-0.1, -0.05) is 38.2 Å². The Morgan fingerprint density at radius 3 is 2.68 bits per heavy atom. The second-order valence-electron chi connectivity index (χ2n) is 6.80. The zero-order valence-electron chi connectivity index (χ0n) is 15.0. The van der Waals surface area contributed by atoms with E-state index in [1.54, 1.807) is 18.5 Å². The summed E-state index contributed by atoms with van der Waals surface area (Å²) >= 11 is 0. The van der Waals surface area contributed by atoms with Crippen molar-refractivity contribution in [3.8, 4) is 11.3 Å². The number of benzene rings is 1. The van der Waals surface area contributed by atoms with Crippen molar-refractivity contribution in [2.24, 2.45) is 5.92 Å². The van der Waals surface area contributed by atoms with Crippen LogP contribution < -0.4 is 4.72 Å². The van der Waals surface area contributed by atoms with E-state index in [0.717, 1.165) is 24.2 Å². The Morgan fingerprint density at radius 2 is 2.00 bits per heavy atom. The van der Waals surface area contributed by atoms with Crippen LogP contribution in [0.4, 0.5) is 0 Å². The molecule has 1 fully saturated rings. The molecule has 3 rings (SSSR count). The van der Waals surface area contributed by atoms with Gasteiger partial charge in [-0.2, -0.15) is 0 Å². The van der Waals surface area contributed by atoms with Gasteiger partial charge < -0.3 is 4.57 Å². The number of rotatable bonds is 6. The van der Waals surface area contributed by atoms with E-state index in [1.807, 2.05) is 12.3 Å². The predicted octanol–water partition coefficient (Wildman–Crippen LogP) is 3.60. The lowest BCUT2D eigenvalue weighted by molar-refractivity contribution is 0.357. The highest BCUT2D eigenvalue weighted by molar-refractivity contribution is 7.89. The fraction of sp³-hybridized carbons (Fsp3) is 0.526. The smallest absolute Gasteiger partial charge is 0.240 e. The van der Waals surface area contributed by atoms with Gasteiger partial charge in [-0.3, -0.25) is 0 Å². The van der Waals surface area contributed by atoms with Gasteiger partial charge in [-0.15, -0.1) is 0 Å². The first kappa shape index (κ1) is 18.1. The van der Waals surface area contributed by atoms with Crippen molar-refractivity contribution >= 4 is 10.0 Å². The third-order valence-corrected chi connectivity index (χ3v) is 6.63. The van der Waals surface area contributed by atoms with Crippen molar-refractivity contribution in [2.45, 2.75) is 56.9 Å². The molecule has 2 aromatic rings. The van der Waals surface area contributed by atoms with Gasteiger partial charge in [0.25, 0.3) is 0 Å². The zero-order valence-corrected chi connectivity index (χ0v) is 15.8. The standard InChI is InChI=1S/C19H27N3O2S/c1-3-22-14-21-13-19(22)18-12-17(25(23,24)20-2)10-9-16(18)11-15-7-5-4-6-8-15/h9-10,12-15,20H,3-8,11H2,1-2H3. The third kappa shape index (κ3) is 3.96. The minimum absolute atomic E-state index is 0.307. The Labute approximate surface area is 150 Å². The highest BCUT2D eigenvalue weighted by Crippen LogP contribution is 2.32. The lowest BCUT2D eigenvalue weighted by atomic mass is 9.83. The monoisotopic (exact) mass is 361 g/mol. The molecular formula is C19H27N3O2S. The lowest BCUT2D eigenvalue weighted by Crippen LogP contribution is -2.19. The average molecular weight is 362 g/mol. The SMILES string of the molecule is CCn1cncc1-c1cc(S(=O)(=O)NC)ccc1CC1CCCCC1. The molecule has 6 heteroatoms. The Kier molecular flexibility index (Phi) is 5.59. The summed E-state index contributed by atoms with van der Waals surface area (Å²) in [6.45, 7) is 2.88. The molecule has 25 heavy (non-hydrogen) atoms. The third-order valence-electron chi connectivity index (χ3n) is 5.22. The Bertz CT molecular complexity index is 821. The molecule has 0 atom stereocenters. The number of hydrogen-bond donors (Lipinski definition) is 1. The van der Waals surface area contributed by atoms with Gasteiger partial charge in [0, 0.05) is 12.1 Å². The summed E-state index contributed by atoms with van der Waals surface area (Å²) in [4.78, 5) is 4.57. The summed E-state index contributed by atoms with van der Waals surface area (Å²) in [6.07, 6.45) is 11.1. The Balaban J connectivity index is 2.04. The first-order valence-electron chi connectivity index (χ1n) is 9.12. The van der Waals surface area contributed by atoms with Crippen LogP contribution in [-0.2, 0) is 23.0 Å². The number of aromatic nitrogens is 2. The summed E-state index contributed by atoms with van der Waals surface area (Å²) in [5, 5.41) is 0. The van der Waals surface area contributed by atoms with Gasteiger partial charge in [-0.05, 0) is 44.0 Å². The molecule has 5 nitrogen and oxygen atoms in total. The quantitative estimate of drug-likeness (QED) is 0.855. The molecule has 0 radical (unpaired) electrons. The summed E-state index contributed by atoms with van der Waals surface area (Å²) in [7, 11) is -2.02. The highest BCUT2D eigenvalue weighted by atomic mass is 32.2. The molecule has 0 spiro atoms. The fourth-order valence-electron chi connectivity index (χ4n) is 3.76. The molecule has 136 valence electrons. The lowest BCUT2D eigenvalue weighted by Gasteiger charge is -2.23. The number of aryl methyl sites for hydroxylation is 1. The number of sulfonamides is 1. The van der Waals surface area contributed by atoms with Gasteiger partial charge in [0.15, 0.2) is 0 Å². The summed E-state index contributed by atoms with van der Waals surface area (Å²) in [5.41, 5.74) is 3.19. The van der Waals surface area contributed by atoms with Gasteiger partial charge in [0.1, 0.15) is 0 Å². The van der Waals surface area contributed by atoms with Crippen molar-refractivity contribution in [1.29, 1.82) is 0 Å². The second kappa shape index (κ2) is 7.70. The van der Waals surface area contributed by atoms with Crippen LogP contribution in [-0.4, -0.2) is 25.0 Å². The zero-order chi connectivity index (χ0) is 17.9. The highest BCUT2D eigenvalue weighted by Gasteiger charge is 2.20. The van der Waals surface area contributed by atoms with E-state index < -0.39 is 10.0 Å². The van der Waals surface area contributed by atoms with Crippen LogP contribution in [0.3, 0.4) is 0 Å². The maximum Gasteiger partial charge on any atom is 0.240 e. The molecule has 0 unspecified atom stereocenters. The first-order chi connectivity index (χ1) is 12.0. The average Bonchev–Trinajstić information content (AvgIpc) is 3.11. The topological polar surface area (TPSA) is 64.0 Å². The van der Waals surface area contributed by atoms with Crippen LogP contribution in [0.1, 0.15) is 44.6 Å². The molecule has 1 aromatic carbocycles. The first-order valence-corrected chi connectivity index (χ1v) is 10.6. The van der Waals surface area contributed by atoms with Crippen molar-refractivity contribution in [2.75, 3.05) is 7.05 Å². The van der Waals surface area contributed by atoms with Crippen molar-refractivity contribution in [1.82, 2.24) is 14.3 Å². The van der Waals surface area contributed by atoms with E-state index in [-0.39, 0.29) is 0 Å². The number of imidazole rings is 1. The molecule has 1 N–H and O–H groups in total. The van der Waals surface area contributed by atoms with E-state index in [9.17, 15) is 8.42 Å². The Morgan fingerprint density at radius 1 is 1.24 bits per heavy atom. The normalized spacial score (nSPS) is 16.2.